The molecule has 6 nitrogen and oxygen atoms in total. The second kappa shape index (κ2) is 7.37. The van der Waals surface area contributed by atoms with Crippen molar-refractivity contribution in [3.63, 3.8) is 0 Å². The summed E-state index contributed by atoms with van der Waals surface area (Å²) >= 11 is 3.23. The van der Waals surface area contributed by atoms with Crippen LogP contribution in [0.1, 0.15) is 34.9 Å². The average molecular weight is 374 g/mol. The Hall–Kier alpha value is -2.19. The standard InChI is InChI=1S/C17H18N4O2S2/c1-9(2)24-13-7-5-12(6-8-13)15(22)19-17-21-20-16(23-17)14-10(3)18-11(4)25-14/h5-9H,1-4H3,(H,19,21,22). The van der Waals surface area contributed by atoms with Gasteiger partial charge in [0.2, 0.25) is 0 Å². The normalized spacial score (nSPS) is 11.1. The van der Waals surface area contributed by atoms with Crippen molar-refractivity contribution in [1.82, 2.24) is 15.2 Å². The lowest BCUT2D eigenvalue weighted by Crippen LogP contribution is -2.11. The van der Waals surface area contributed by atoms with Crippen LogP contribution >= 0.6 is 23.1 Å². The molecule has 3 aromatic rings. The maximum atomic E-state index is 12.3. The number of hydrogen-bond donors (Lipinski definition) is 1. The highest BCUT2D eigenvalue weighted by Gasteiger charge is 2.16. The van der Waals surface area contributed by atoms with Crippen LogP contribution in [0.15, 0.2) is 33.6 Å². The molecule has 0 fully saturated rings. The third-order valence-electron chi connectivity index (χ3n) is 3.23. The minimum absolute atomic E-state index is 0.0751. The molecular formula is C17H18N4O2S2. The third kappa shape index (κ3) is 4.26. The van der Waals surface area contributed by atoms with Gasteiger partial charge in [-0.25, -0.2) is 4.98 Å². The lowest BCUT2D eigenvalue weighted by Gasteiger charge is -2.05. The highest BCUT2D eigenvalue weighted by molar-refractivity contribution is 7.99. The number of hydrogen-bond acceptors (Lipinski definition) is 7. The van der Waals surface area contributed by atoms with Gasteiger partial charge in [0, 0.05) is 15.7 Å². The SMILES string of the molecule is Cc1nc(C)c(-c2nnc(NC(=O)c3ccc(SC(C)C)cc3)o2)s1. The zero-order valence-electron chi connectivity index (χ0n) is 14.4. The summed E-state index contributed by atoms with van der Waals surface area (Å²) in [6.07, 6.45) is 0. The van der Waals surface area contributed by atoms with Crippen molar-refractivity contribution in [3.05, 3.63) is 40.5 Å². The summed E-state index contributed by atoms with van der Waals surface area (Å²) in [6.45, 7) is 8.06. The smallest absolute Gasteiger partial charge is 0.322 e. The first-order valence-electron chi connectivity index (χ1n) is 7.78. The van der Waals surface area contributed by atoms with Crippen molar-refractivity contribution < 1.29 is 9.21 Å². The Morgan fingerprint density at radius 1 is 1.20 bits per heavy atom. The first-order chi connectivity index (χ1) is 11.9. The summed E-state index contributed by atoms with van der Waals surface area (Å²) in [5.41, 5.74) is 1.37. The summed E-state index contributed by atoms with van der Waals surface area (Å²) < 4.78 is 5.54. The molecule has 2 heterocycles. The Morgan fingerprint density at radius 3 is 2.52 bits per heavy atom. The third-order valence-corrected chi connectivity index (χ3v) is 5.31. The number of amides is 1. The average Bonchev–Trinajstić information content (AvgIpc) is 3.13. The highest BCUT2D eigenvalue weighted by atomic mass is 32.2. The topological polar surface area (TPSA) is 80.9 Å². The van der Waals surface area contributed by atoms with Gasteiger partial charge >= 0.3 is 6.01 Å². The van der Waals surface area contributed by atoms with Gasteiger partial charge in [-0.2, -0.15) is 0 Å². The van der Waals surface area contributed by atoms with Crippen LogP contribution in [-0.4, -0.2) is 26.3 Å². The highest BCUT2D eigenvalue weighted by Crippen LogP contribution is 2.29. The molecule has 1 N–H and O–H groups in total. The van der Waals surface area contributed by atoms with Crippen LogP contribution in [0.25, 0.3) is 10.8 Å². The molecule has 0 atom stereocenters. The summed E-state index contributed by atoms with van der Waals surface area (Å²) in [4.78, 5) is 18.6. The van der Waals surface area contributed by atoms with Crippen LogP contribution in [0.2, 0.25) is 0 Å². The van der Waals surface area contributed by atoms with E-state index in [0.717, 1.165) is 20.5 Å². The number of anilines is 1. The molecule has 0 spiro atoms. The number of nitrogens with one attached hydrogen (secondary N) is 1. The number of thiazole rings is 1. The molecule has 0 aliphatic carbocycles. The fraction of sp³-hybridized carbons (Fsp3) is 0.294. The predicted octanol–water partition coefficient (Wildman–Crippen LogP) is 4.56. The van der Waals surface area contributed by atoms with E-state index in [4.69, 9.17) is 4.42 Å². The van der Waals surface area contributed by atoms with Crippen molar-refractivity contribution in [2.75, 3.05) is 5.32 Å². The van der Waals surface area contributed by atoms with Gasteiger partial charge in [-0.3, -0.25) is 10.1 Å². The number of nitrogens with zero attached hydrogens (tertiary/aromatic N) is 3. The second-order valence-electron chi connectivity index (χ2n) is 5.70. The number of aryl methyl sites for hydroxylation is 2. The Morgan fingerprint density at radius 2 is 1.92 bits per heavy atom. The summed E-state index contributed by atoms with van der Waals surface area (Å²) in [5.74, 6) is 0.0792. The molecule has 3 rings (SSSR count). The molecule has 0 radical (unpaired) electrons. The van der Waals surface area contributed by atoms with Gasteiger partial charge in [0.25, 0.3) is 11.8 Å². The minimum atomic E-state index is -0.284. The number of rotatable bonds is 5. The van der Waals surface area contributed by atoms with Gasteiger partial charge in [0.15, 0.2) is 0 Å². The largest absolute Gasteiger partial charge is 0.402 e. The van der Waals surface area contributed by atoms with Gasteiger partial charge in [0.05, 0.1) is 10.7 Å². The molecule has 0 unspecified atom stereocenters. The molecule has 0 aliphatic rings. The maximum absolute atomic E-state index is 12.3. The summed E-state index contributed by atoms with van der Waals surface area (Å²) in [5, 5.41) is 11.9. The fourth-order valence-corrected chi connectivity index (χ4v) is 3.90. The van der Waals surface area contributed by atoms with E-state index >= 15 is 0 Å². The van der Waals surface area contributed by atoms with Crippen LogP contribution in [0.5, 0.6) is 0 Å². The molecule has 0 aliphatic heterocycles. The van der Waals surface area contributed by atoms with E-state index in [1.54, 1.807) is 23.9 Å². The molecule has 2 aromatic heterocycles. The van der Waals surface area contributed by atoms with E-state index < -0.39 is 0 Å². The molecule has 1 amide bonds. The number of carbonyl (C=O) groups is 1. The number of aromatic nitrogens is 3. The van der Waals surface area contributed by atoms with Gasteiger partial charge in [-0.05, 0) is 38.1 Å². The molecule has 0 bridgehead atoms. The van der Waals surface area contributed by atoms with Gasteiger partial charge < -0.3 is 4.42 Å². The van der Waals surface area contributed by atoms with Gasteiger partial charge in [-0.15, -0.1) is 28.2 Å². The van der Waals surface area contributed by atoms with E-state index in [2.05, 4.69) is 34.3 Å². The van der Waals surface area contributed by atoms with Gasteiger partial charge in [0.1, 0.15) is 4.88 Å². The maximum Gasteiger partial charge on any atom is 0.322 e. The Balaban J connectivity index is 1.70. The van der Waals surface area contributed by atoms with Crippen molar-refractivity contribution in [3.8, 4) is 10.8 Å². The second-order valence-corrected chi connectivity index (χ2v) is 8.56. The molecule has 1 aromatic carbocycles. The first-order valence-corrected chi connectivity index (χ1v) is 9.48. The van der Waals surface area contributed by atoms with Crippen LogP contribution in [0, 0.1) is 13.8 Å². The van der Waals surface area contributed by atoms with E-state index in [1.165, 1.54) is 11.3 Å². The van der Waals surface area contributed by atoms with E-state index in [1.807, 2.05) is 26.0 Å². The van der Waals surface area contributed by atoms with E-state index in [0.29, 0.717) is 16.7 Å². The van der Waals surface area contributed by atoms with Crippen LogP contribution in [-0.2, 0) is 0 Å². The number of benzene rings is 1. The lowest BCUT2D eigenvalue weighted by molar-refractivity contribution is 0.102. The van der Waals surface area contributed by atoms with Crippen molar-refractivity contribution >= 4 is 35.0 Å². The van der Waals surface area contributed by atoms with E-state index in [9.17, 15) is 4.79 Å². The Kier molecular flexibility index (Phi) is 5.19. The van der Waals surface area contributed by atoms with Crippen molar-refractivity contribution in [2.45, 2.75) is 37.8 Å². The monoisotopic (exact) mass is 374 g/mol. The molecule has 130 valence electrons. The first kappa shape index (κ1) is 17.6. The zero-order chi connectivity index (χ0) is 18.0. The molecule has 8 heteroatoms. The molecule has 25 heavy (non-hydrogen) atoms. The molecular weight excluding hydrogens is 356 g/mol. The zero-order valence-corrected chi connectivity index (χ0v) is 16.0. The van der Waals surface area contributed by atoms with E-state index in [-0.39, 0.29) is 11.9 Å². The number of thioether (sulfide) groups is 1. The quantitative estimate of drug-likeness (QED) is 0.659. The Labute approximate surface area is 154 Å². The fourth-order valence-electron chi connectivity index (χ4n) is 2.22. The summed E-state index contributed by atoms with van der Waals surface area (Å²) in [6, 6.07) is 7.51. The lowest BCUT2D eigenvalue weighted by atomic mass is 10.2. The molecule has 0 saturated heterocycles. The van der Waals surface area contributed by atoms with Crippen LogP contribution in [0.3, 0.4) is 0 Å². The Bertz CT molecular complexity index is 884. The van der Waals surface area contributed by atoms with Crippen molar-refractivity contribution in [1.29, 1.82) is 0 Å². The minimum Gasteiger partial charge on any atom is -0.402 e. The van der Waals surface area contributed by atoms with Crippen molar-refractivity contribution in [2.24, 2.45) is 0 Å². The van der Waals surface area contributed by atoms with Gasteiger partial charge in [-0.1, -0.05) is 18.9 Å². The van der Waals surface area contributed by atoms with Crippen LogP contribution < -0.4 is 5.32 Å². The van der Waals surface area contributed by atoms with Crippen LogP contribution in [0.4, 0.5) is 6.01 Å². The summed E-state index contributed by atoms with van der Waals surface area (Å²) in [7, 11) is 0. The predicted molar refractivity (Wildman–Crippen MR) is 100 cm³/mol. The molecule has 0 saturated carbocycles. The number of carbonyl (C=O) groups excluding carboxylic acids is 1.